The molecule has 0 saturated carbocycles. The molecule has 0 amide bonds. The van der Waals surface area contributed by atoms with Crippen LogP contribution in [-0.4, -0.2) is 21.2 Å². The molecule has 4 nitrogen and oxygen atoms in total. The first-order chi connectivity index (χ1) is 11.8. The summed E-state index contributed by atoms with van der Waals surface area (Å²) in [5, 5.41) is 12.6. The molecule has 0 fully saturated rings. The van der Waals surface area contributed by atoms with Gasteiger partial charge in [0.05, 0.1) is 24.2 Å². The number of nitrogens with zero attached hydrogens (tertiary/aromatic N) is 2. The van der Waals surface area contributed by atoms with Crippen molar-refractivity contribution >= 4 is 11.0 Å². The lowest BCUT2D eigenvalue weighted by Crippen LogP contribution is -2.19. The number of aryl methyl sites for hydroxylation is 1. The van der Waals surface area contributed by atoms with Crippen molar-refractivity contribution in [1.82, 2.24) is 14.9 Å². The number of para-hydroxylation sites is 2. The zero-order chi connectivity index (χ0) is 16.8. The monoisotopic (exact) mass is 323 g/mol. The average Bonchev–Trinajstić information content (AvgIpc) is 2.97. The topological polar surface area (TPSA) is 50.1 Å². The summed E-state index contributed by atoms with van der Waals surface area (Å²) in [5.74, 6) is 1.11. The maximum atomic E-state index is 9.08. The van der Waals surface area contributed by atoms with Crippen LogP contribution in [0.3, 0.4) is 0 Å². The van der Waals surface area contributed by atoms with E-state index >= 15 is 0 Å². The Morgan fingerprint density at radius 2 is 1.79 bits per heavy atom. The van der Waals surface area contributed by atoms with Gasteiger partial charge in [0.25, 0.3) is 0 Å². The van der Waals surface area contributed by atoms with Gasteiger partial charge in [0.2, 0.25) is 0 Å². The average molecular weight is 323 g/mol. The lowest BCUT2D eigenvalue weighted by molar-refractivity contribution is 0.282. The van der Waals surface area contributed by atoms with Gasteiger partial charge in [0.15, 0.2) is 0 Å². The van der Waals surface area contributed by atoms with Crippen LogP contribution in [0.15, 0.2) is 48.5 Å². The molecule has 1 aromatic heterocycles. The van der Waals surface area contributed by atoms with Gasteiger partial charge in [-0.1, -0.05) is 43.3 Å². The minimum atomic E-state index is 0.103. The summed E-state index contributed by atoms with van der Waals surface area (Å²) in [7, 11) is 0. The molecule has 0 saturated heterocycles. The Hall–Kier alpha value is -2.17. The first-order valence-electron chi connectivity index (χ1n) is 8.65. The molecule has 0 radical (unpaired) electrons. The highest BCUT2D eigenvalue weighted by molar-refractivity contribution is 5.75. The van der Waals surface area contributed by atoms with Crippen LogP contribution in [0.2, 0.25) is 0 Å². The van der Waals surface area contributed by atoms with Crippen LogP contribution in [0, 0.1) is 0 Å². The van der Waals surface area contributed by atoms with Gasteiger partial charge in [-0.2, -0.15) is 0 Å². The molecule has 126 valence electrons. The van der Waals surface area contributed by atoms with E-state index in [0.29, 0.717) is 0 Å². The molecule has 0 atom stereocenters. The first-order valence-corrected chi connectivity index (χ1v) is 8.65. The Balaban J connectivity index is 1.59. The van der Waals surface area contributed by atoms with Crippen LogP contribution in [-0.2, 0) is 26.1 Å². The van der Waals surface area contributed by atoms with Crippen molar-refractivity contribution in [1.29, 1.82) is 0 Å². The van der Waals surface area contributed by atoms with Crippen molar-refractivity contribution in [3.05, 3.63) is 65.5 Å². The van der Waals surface area contributed by atoms with Crippen molar-refractivity contribution in [2.45, 2.75) is 39.5 Å². The van der Waals surface area contributed by atoms with Crippen LogP contribution < -0.4 is 5.32 Å². The number of rotatable bonds is 8. The molecule has 3 rings (SSSR count). The molecule has 3 aromatic rings. The number of benzene rings is 2. The number of aromatic nitrogens is 2. The first kappa shape index (κ1) is 16.7. The lowest BCUT2D eigenvalue weighted by atomic mass is 10.1. The fourth-order valence-corrected chi connectivity index (χ4v) is 2.98. The lowest BCUT2D eigenvalue weighted by Gasteiger charge is -2.09. The molecule has 0 aliphatic carbocycles. The highest BCUT2D eigenvalue weighted by atomic mass is 16.3. The van der Waals surface area contributed by atoms with Gasteiger partial charge >= 0.3 is 0 Å². The molecule has 0 unspecified atom stereocenters. The summed E-state index contributed by atoms with van der Waals surface area (Å²) in [6.07, 6.45) is 2.07. The molecule has 1 heterocycles. The van der Waals surface area contributed by atoms with E-state index in [1.54, 1.807) is 0 Å². The number of nitrogens with one attached hydrogen (secondary N) is 1. The van der Waals surface area contributed by atoms with Crippen molar-refractivity contribution in [3.63, 3.8) is 0 Å². The van der Waals surface area contributed by atoms with Gasteiger partial charge in [-0.15, -0.1) is 0 Å². The molecule has 0 spiro atoms. The van der Waals surface area contributed by atoms with Gasteiger partial charge < -0.3 is 15.0 Å². The zero-order valence-electron chi connectivity index (χ0n) is 14.2. The zero-order valence-corrected chi connectivity index (χ0v) is 14.2. The van der Waals surface area contributed by atoms with E-state index in [2.05, 4.69) is 47.1 Å². The molecule has 24 heavy (non-hydrogen) atoms. The Kier molecular flexibility index (Phi) is 5.62. The van der Waals surface area contributed by atoms with E-state index in [1.165, 1.54) is 11.1 Å². The Morgan fingerprint density at radius 3 is 2.54 bits per heavy atom. The largest absolute Gasteiger partial charge is 0.392 e. The van der Waals surface area contributed by atoms with Crippen LogP contribution in [0.5, 0.6) is 0 Å². The van der Waals surface area contributed by atoms with Gasteiger partial charge in [-0.25, -0.2) is 4.98 Å². The highest BCUT2D eigenvalue weighted by Gasteiger charge is 2.09. The number of hydrogen-bond acceptors (Lipinski definition) is 3. The second kappa shape index (κ2) is 8.08. The fraction of sp³-hybridized carbons (Fsp3) is 0.350. The Labute approximate surface area is 143 Å². The standard InChI is InChI=1S/C20H25N3O/c1-2-13-23-19-6-4-3-5-18(19)22-20(23)14-21-12-11-16-7-9-17(15-24)10-8-16/h3-10,21,24H,2,11-15H2,1H3. The van der Waals surface area contributed by atoms with Crippen molar-refractivity contribution in [3.8, 4) is 0 Å². The molecule has 0 aliphatic rings. The van der Waals surface area contributed by atoms with Crippen LogP contribution >= 0.6 is 0 Å². The number of fused-ring (bicyclic) bond motifs is 1. The SMILES string of the molecule is CCCn1c(CNCCc2ccc(CO)cc2)nc2ccccc21. The third-order valence-electron chi connectivity index (χ3n) is 4.26. The maximum absolute atomic E-state index is 9.08. The van der Waals surface area contributed by atoms with Gasteiger partial charge in [0.1, 0.15) is 5.82 Å². The highest BCUT2D eigenvalue weighted by Crippen LogP contribution is 2.16. The second-order valence-electron chi connectivity index (χ2n) is 6.07. The molecule has 0 bridgehead atoms. The smallest absolute Gasteiger partial charge is 0.123 e. The predicted octanol–water partition coefficient (Wildman–Crippen LogP) is 3.27. The summed E-state index contributed by atoms with van der Waals surface area (Å²) in [4.78, 5) is 4.77. The number of aliphatic hydroxyl groups is 1. The number of hydrogen-bond donors (Lipinski definition) is 2. The summed E-state index contributed by atoms with van der Waals surface area (Å²) < 4.78 is 2.32. The van der Waals surface area contributed by atoms with Crippen molar-refractivity contribution in [2.75, 3.05) is 6.54 Å². The third-order valence-corrected chi connectivity index (χ3v) is 4.26. The third kappa shape index (κ3) is 3.83. The van der Waals surface area contributed by atoms with E-state index in [0.717, 1.165) is 49.4 Å². The van der Waals surface area contributed by atoms with Crippen LogP contribution in [0.4, 0.5) is 0 Å². The van der Waals surface area contributed by atoms with E-state index in [4.69, 9.17) is 10.1 Å². The normalized spacial score (nSPS) is 11.2. The van der Waals surface area contributed by atoms with Gasteiger partial charge in [-0.3, -0.25) is 0 Å². The fourth-order valence-electron chi connectivity index (χ4n) is 2.98. The summed E-state index contributed by atoms with van der Waals surface area (Å²) in [6, 6.07) is 16.5. The Morgan fingerprint density at radius 1 is 1.04 bits per heavy atom. The van der Waals surface area contributed by atoms with Gasteiger partial charge in [-0.05, 0) is 42.6 Å². The van der Waals surface area contributed by atoms with Crippen molar-refractivity contribution in [2.24, 2.45) is 0 Å². The molecular weight excluding hydrogens is 298 g/mol. The Bertz CT molecular complexity index is 777. The molecule has 0 aliphatic heterocycles. The minimum absolute atomic E-state index is 0.103. The quantitative estimate of drug-likeness (QED) is 0.626. The molecular formula is C20H25N3O. The minimum Gasteiger partial charge on any atom is -0.392 e. The molecule has 2 aromatic carbocycles. The van der Waals surface area contributed by atoms with Crippen LogP contribution in [0.25, 0.3) is 11.0 Å². The number of aliphatic hydroxyl groups excluding tert-OH is 1. The summed E-state index contributed by atoms with van der Waals surface area (Å²) in [5.41, 5.74) is 4.53. The maximum Gasteiger partial charge on any atom is 0.123 e. The summed E-state index contributed by atoms with van der Waals surface area (Å²) in [6.45, 7) is 4.99. The number of imidazole rings is 1. The molecule has 2 N–H and O–H groups in total. The van der Waals surface area contributed by atoms with E-state index < -0.39 is 0 Å². The van der Waals surface area contributed by atoms with E-state index in [9.17, 15) is 0 Å². The second-order valence-corrected chi connectivity index (χ2v) is 6.07. The molecule has 4 heteroatoms. The van der Waals surface area contributed by atoms with E-state index in [1.807, 2.05) is 18.2 Å². The summed E-state index contributed by atoms with van der Waals surface area (Å²) >= 11 is 0. The van der Waals surface area contributed by atoms with Crippen LogP contribution in [0.1, 0.15) is 30.3 Å². The van der Waals surface area contributed by atoms with Gasteiger partial charge in [0, 0.05) is 6.54 Å². The van der Waals surface area contributed by atoms with Crippen molar-refractivity contribution < 1.29 is 5.11 Å². The van der Waals surface area contributed by atoms with E-state index in [-0.39, 0.29) is 6.61 Å². The predicted molar refractivity (Wildman–Crippen MR) is 97.8 cm³/mol.